The smallest absolute Gasteiger partial charge is 0.338 e. The average molecular weight is 201 g/mol. The van der Waals surface area contributed by atoms with Gasteiger partial charge in [-0.05, 0) is 13.3 Å². The fourth-order valence-electron chi connectivity index (χ4n) is 1.06. The SMILES string of the molecule is CCCNC(=O)C1OC1C(=O)OCC. The Balaban J connectivity index is 2.24. The molecule has 1 rings (SSSR count). The molecule has 0 aromatic rings. The van der Waals surface area contributed by atoms with Crippen LogP contribution in [0.2, 0.25) is 0 Å². The molecule has 1 aliphatic rings. The third-order valence-electron chi connectivity index (χ3n) is 1.82. The molecule has 2 unspecified atom stereocenters. The fraction of sp³-hybridized carbons (Fsp3) is 0.778. The van der Waals surface area contributed by atoms with Crippen LogP contribution in [0.15, 0.2) is 0 Å². The lowest BCUT2D eigenvalue weighted by Crippen LogP contribution is -2.31. The number of amides is 1. The third-order valence-corrected chi connectivity index (χ3v) is 1.82. The summed E-state index contributed by atoms with van der Waals surface area (Å²) in [6, 6.07) is 0. The Morgan fingerprint density at radius 1 is 1.36 bits per heavy atom. The molecule has 1 aliphatic heterocycles. The van der Waals surface area contributed by atoms with Crippen molar-refractivity contribution in [1.29, 1.82) is 0 Å². The minimum absolute atomic E-state index is 0.232. The second-order valence-corrected chi connectivity index (χ2v) is 3.02. The van der Waals surface area contributed by atoms with E-state index < -0.39 is 18.2 Å². The van der Waals surface area contributed by atoms with Gasteiger partial charge in [-0.2, -0.15) is 0 Å². The monoisotopic (exact) mass is 201 g/mol. The van der Waals surface area contributed by atoms with Crippen molar-refractivity contribution in [3.8, 4) is 0 Å². The van der Waals surface area contributed by atoms with Gasteiger partial charge >= 0.3 is 5.97 Å². The van der Waals surface area contributed by atoms with Gasteiger partial charge in [0.2, 0.25) is 0 Å². The van der Waals surface area contributed by atoms with E-state index in [9.17, 15) is 9.59 Å². The molecule has 0 radical (unpaired) electrons. The Hall–Kier alpha value is -1.10. The Kier molecular flexibility index (Phi) is 3.88. The van der Waals surface area contributed by atoms with Gasteiger partial charge in [0.15, 0.2) is 12.2 Å². The molecule has 5 nitrogen and oxygen atoms in total. The lowest BCUT2D eigenvalue weighted by Gasteiger charge is -1.99. The molecule has 0 aliphatic carbocycles. The number of ether oxygens (including phenoxy) is 2. The van der Waals surface area contributed by atoms with Gasteiger partial charge < -0.3 is 14.8 Å². The highest BCUT2D eigenvalue weighted by atomic mass is 16.6. The number of hydrogen-bond donors (Lipinski definition) is 1. The predicted octanol–water partition coefficient (Wildman–Crippen LogP) is -0.157. The Bertz CT molecular complexity index is 229. The lowest BCUT2D eigenvalue weighted by atomic mass is 10.3. The maximum atomic E-state index is 11.2. The summed E-state index contributed by atoms with van der Waals surface area (Å²) >= 11 is 0. The van der Waals surface area contributed by atoms with E-state index >= 15 is 0 Å². The van der Waals surface area contributed by atoms with Gasteiger partial charge in [0, 0.05) is 6.54 Å². The normalized spacial score (nSPS) is 24.1. The zero-order chi connectivity index (χ0) is 10.6. The number of epoxide rings is 1. The van der Waals surface area contributed by atoms with Crippen LogP contribution in [0.5, 0.6) is 0 Å². The lowest BCUT2D eigenvalue weighted by molar-refractivity contribution is -0.144. The van der Waals surface area contributed by atoms with Crippen LogP contribution in [0.1, 0.15) is 20.3 Å². The Morgan fingerprint density at radius 3 is 2.64 bits per heavy atom. The highest BCUT2D eigenvalue weighted by Gasteiger charge is 2.51. The number of carbonyl (C=O) groups is 2. The standard InChI is InChI=1S/C9H15NO4/c1-3-5-10-8(11)6-7(14-6)9(12)13-4-2/h6-7H,3-5H2,1-2H3,(H,10,11). The van der Waals surface area contributed by atoms with Crippen LogP contribution in [0.3, 0.4) is 0 Å². The summed E-state index contributed by atoms with van der Waals surface area (Å²) in [7, 11) is 0. The zero-order valence-corrected chi connectivity index (χ0v) is 8.41. The summed E-state index contributed by atoms with van der Waals surface area (Å²) in [5.74, 6) is -0.686. The molecule has 0 aromatic carbocycles. The van der Waals surface area contributed by atoms with Crippen molar-refractivity contribution in [2.45, 2.75) is 32.5 Å². The van der Waals surface area contributed by atoms with E-state index in [0.29, 0.717) is 13.2 Å². The third kappa shape index (κ3) is 2.70. The van der Waals surface area contributed by atoms with Crippen molar-refractivity contribution >= 4 is 11.9 Å². The molecule has 1 heterocycles. The molecule has 2 atom stereocenters. The Labute approximate surface area is 82.8 Å². The van der Waals surface area contributed by atoms with E-state index in [2.05, 4.69) is 5.32 Å². The second kappa shape index (κ2) is 4.95. The van der Waals surface area contributed by atoms with Crippen LogP contribution in [-0.2, 0) is 19.1 Å². The van der Waals surface area contributed by atoms with Crippen molar-refractivity contribution in [1.82, 2.24) is 5.32 Å². The fourth-order valence-corrected chi connectivity index (χ4v) is 1.06. The molecule has 0 bridgehead atoms. The van der Waals surface area contributed by atoms with E-state index in [1.807, 2.05) is 6.92 Å². The van der Waals surface area contributed by atoms with Gasteiger partial charge in [0.1, 0.15) is 0 Å². The highest BCUT2D eigenvalue weighted by molar-refractivity contribution is 5.92. The van der Waals surface area contributed by atoms with Crippen molar-refractivity contribution in [3.05, 3.63) is 0 Å². The molecular formula is C9H15NO4. The molecule has 1 fully saturated rings. The van der Waals surface area contributed by atoms with Gasteiger partial charge in [0.05, 0.1) is 6.61 Å². The first-order valence-corrected chi connectivity index (χ1v) is 4.80. The van der Waals surface area contributed by atoms with Crippen LogP contribution in [0.25, 0.3) is 0 Å². The maximum absolute atomic E-state index is 11.2. The molecule has 0 saturated carbocycles. The second-order valence-electron chi connectivity index (χ2n) is 3.02. The molecule has 0 aromatic heterocycles. The van der Waals surface area contributed by atoms with Gasteiger partial charge in [-0.1, -0.05) is 6.92 Å². The minimum Gasteiger partial charge on any atom is -0.464 e. The quantitative estimate of drug-likeness (QED) is 0.496. The molecule has 1 saturated heterocycles. The first-order valence-electron chi connectivity index (χ1n) is 4.80. The minimum atomic E-state index is -0.688. The summed E-state index contributed by atoms with van der Waals surface area (Å²) in [6.07, 6.45) is -0.463. The molecule has 1 N–H and O–H groups in total. The van der Waals surface area contributed by atoms with Crippen LogP contribution in [-0.4, -0.2) is 37.2 Å². The van der Waals surface area contributed by atoms with Gasteiger partial charge in [-0.25, -0.2) is 4.79 Å². The summed E-state index contributed by atoms with van der Waals surface area (Å²) in [5.41, 5.74) is 0. The number of esters is 1. The molecule has 1 amide bonds. The van der Waals surface area contributed by atoms with Gasteiger partial charge in [0.25, 0.3) is 5.91 Å². The topological polar surface area (TPSA) is 67.9 Å². The van der Waals surface area contributed by atoms with Crippen LogP contribution >= 0.6 is 0 Å². The summed E-state index contributed by atoms with van der Waals surface area (Å²) in [6.45, 7) is 4.58. The summed E-state index contributed by atoms with van der Waals surface area (Å²) in [5, 5.41) is 2.65. The van der Waals surface area contributed by atoms with Crippen molar-refractivity contribution < 1.29 is 19.1 Å². The number of rotatable bonds is 5. The van der Waals surface area contributed by atoms with Crippen molar-refractivity contribution in [2.24, 2.45) is 0 Å². The Morgan fingerprint density at radius 2 is 2.07 bits per heavy atom. The summed E-state index contributed by atoms with van der Waals surface area (Å²) in [4.78, 5) is 22.3. The van der Waals surface area contributed by atoms with Crippen LogP contribution < -0.4 is 5.32 Å². The highest BCUT2D eigenvalue weighted by Crippen LogP contribution is 2.23. The molecular weight excluding hydrogens is 186 g/mol. The average Bonchev–Trinajstić information content (AvgIpc) is 2.94. The first kappa shape index (κ1) is 11.0. The van der Waals surface area contributed by atoms with Crippen LogP contribution in [0, 0.1) is 0 Å². The molecule has 5 heteroatoms. The number of carbonyl (C=O) groups excluding carboxylic acids is 2. The molecule has 14 heavy (non-hydrogen) atoms. The largest absolute Gasteiger partial charge is 0.464 e. The van der Waals surface area contributed by atoms with E-state index in [4.69, 9.17) is 9.47 Å². The zero-order valence-electron chi connectivity index (χ0n) is 8.41. The predicted molar refractivity (Wildman–Crippen MR) is 48.6 cm³/mol. The van der Waals surface area contributed by atoms with Gasteiger partial charge in [-0.3, -0.25) is 4.79 Å². The first-order chi connectivity index (χ1) is 6.70. The van der Waals surface area contributed by atoms with Gasteiger partial charge in [-0.15, -0.1) is 0 Å². The molecule has 80 valence electrons. The van der Waals surface area contributed by atoms with Crippen molar-refractivity contribution in [3.63, 3.8) is 0 Å². The number of hydrogen-bond acceptors (Lipinski definition) is 4. The number of nitrogens with one attached hydrogen (secondary N) is 1. The summed E-state index contributed by atoms with van der Waals surface area (Å²) < 4.78 is 9.61. The molecule has 0 spiro atoms. The van der Waals surface area contributed by atoms with E-state index in [0.717, 1.165) is 6.42 Å². The van der Waals surface area contributed by atoms with Crippen LogP contribution in [0.4, 0.5) is 0 Å². The van der Waals surface area contributed by atoms with E-state index in [1.165, 1.54) is 0 Å². The van der Waals surface area contributed by atoms with E-state index in [-0.39, 0.29) is 5.91 Å². The maximum Gasteiger partial charge on any atom is 0.338 e. The van der Waals surface area contributed by atoms with Crippen molar-refractivity contribution in [2.75, 3.05) is 13.2 Å². The van der Waals surface area contributed by atoms with E-state index in [1.54, 1.807) is 6.92 Å².